The fraction of sp³-hybridized carbons (Fsp3) is 0.938. The molecule has 2 bridgehead atoms. The molecule has 4 unspecified atom stereocenters. The van der Waals surface area contributed by atoms with E-state index in [4.69, 9.17) is 4.74 Å². The Morgan fingerprint density at radius 2 is 2.18 bits per heavy atom. The van der Waals surface area contributed by atoms with E-state index in [2.05, 4.69) is 27.4 Å². The lowest BCUT2D eigenvalue weighted by Gasteiger charge is -2.31. The van der Waals surface area contributed by atoms with Crippen LogP contribution in [0.25, 0.3) is 0 Å². The van der Waals surface area contributed by atoms with Crippen LogP contribution in [0.2, 0.25) is 0 Å². The number of fused-ring (bicyclic) bond motifs is 2. The molecular formula is C16H31IN4O. The maximum absolute atomic E-state index is 5.89. The number of hydrogen-bond acceptors (Lipinski definition) is 3. The number of ether oxygens (including phenoxy) is 1. The van der Waals surface area contributed by atoms with Crippen LogP contribution in [0.1, 0.15) is 39.0 Å². The standard InChI is InChI=1S/C16H30N4O.HI/c1-12-4-3-8-20(11-12)9-7-18-16(17-2)19-14-10-13-5-6-15(14)21-13;/h12-15H,3-11H2,1-2H3,(H2,17,18,19);1H. The number of likely N-dealkylation sites (tertiary alicyclic amines) is 1. The summed E-state index contributed by atoms with van der Waals surface area (Å²) in [5.41, 5.74) is 0. The molecule has 3 aliphatic rings. The smallest absolute Gasteiger partial charge is 0.191 e. The first-order valence-corrected chi connectivity index (χ1v) is 8.59. The van der Waals surface area contributed by atoms with E-state index in [0.717, 1.165) is 31.4 Å². The van der Waals surface area contributed by atoms with Crippen LogP contribution in [0.3, 0.4) is 0 Å². The lowest BCUT2D eigenvalue weighted by Crippen LogP contribution is -2.49. The fourth-order valence-corrected chi connectivity index (χ4v) is 3.98. The van der Waals surface area contributed by atoms with E-state index >= 15 is 0 Å². The zero-order valence-electron chi connectivity index (χ0n) is 13.9. The Morgan fingerprint density at radius 3 is 2.82 bits per heavy atom. The summed E-state index contributed by atoms with van der Waals surface area (Å²) in [4.78, 5) is 6.92. The Kier molecular flexibility index (Phi) is 7.21. The molecule has 0 spiro atoms. The number of halogens is 1. The van der Waals surface area contributed by atoms with Gasteiger partial charge in [-0.2, -0.15) is 0 Å². The predicted octanol–water partition coefficient (Wildman–Crippen LogP) is 1.82. The predicted molar refractivity (Wildman–Crippen MR) is 101 cm³/mol. The van der Waals surface area contributed by atoms with Crippen LogP contribution in [0.5, 0.6) is 0 Å². The van der Waals surface area contributed by atoms with E-state index in [1.807, 2.05) is 7.05 Å². The van der Waals surface area contributed by atoms with E-state index in [0.29, 0.717) is 18.2 Å². The van der Waals surface area contributed by atoms with Crippen molar-refractivity contribution in [2.24, 2.45) is 10.9 Å². The molecule has 0 aliphatic carbocycles. The summed E-state index contributed by atoms with van der Waals surface area (Å²) in [5, 5.41) is 7.00. The maximum atomic E-state index is 5.89. The van der Waals surface area contributed by atoms with Gasteiger partial charge in [-0.25, -0.2) is 0 Å². The third-order valence-corrected chi connectivity index (χ3v) is 5.11. The van der Waals surface area contributed by atoms with Gasteiger partial charge in [0.1, 0.15) is 0 Å². The number of guanidine groups is 1. The second-order valence-electron chi connectivity index (χ2n) is 6.91. The van der Waals surface area contributed by atoms with Gasteiger partial charge in [0.2, 0.25) is 0 Å². The lowest BCUT2D eigenvalue weighted by molar-refractivity contribution is 0.0992. The molecule has 22 heavy (non-hydrogen) atoms. The number of aliphatic imine (C=N–C) groups is 1. The molecule has 0 aromatic heterocycles. The Bertz CT molecular complexity index is 379. The molecule has 3 rings (SSSR count). The van der Waals surface area contributed by atoms with Crippen molar-refractivity contribution in [3.8, 4) is 0 Å². The Labute approximate surface area is 151 Å². The average molecular weight is 422 g/mol. The van der Waals surface area contributed by atoms with Crippen LogP contribution in [0, 0.1) is 5.92 Å². The van der Waals surface area contributed by atoms with Crippen LogP contribution in [0.4, 0.5) is 0 Å². The molecule has 6 heteroatoms. The minimum Gasteiger partial charge on any atom is -0.373 e. The van der Waals surface area contributed by atoms with Crippen molar-refractivity contribution in [2.45, 2.75) is 57.3 Å². The Morgan fingerprint density at radius 1 is 1.32 bits per heavy atom. The van der Waals surface area contributed by atoms with Crippen molar-refractivity contribution in [1.29, 1.82) is 0 Å². The molecule has 3 saturated heterocycles. The minimum absolute atomic E-state index is 0. The van der Waals surface area contributed by atoms with Gasteiger partial charge >= 0.3 is 0 Å². The monoisotopic (exact) mass is 422 g/mol. The topological polar surface area (TPSA) is 48.9 Å². The normalized spacial score (nSPS) is 35.3. The summed E-state index contributed by atoms with van der Waals surface area (Å²) in [6.07, 6.45) is 7.19. The molecule has 5 nitrogen and oxygen atoms in total. The van der Waals surface area contributed by atoms with Crippen LogP contribution in [-0.2, 0) is 4.74 Å². The summed E-state index contributed by atoms with van der Waals surface area (Å²) in [7, 11) is 1.85. The van der Waals surface area contributed by atoms with E-state index < -0.39 is 0 Å². The first-order chi connectivity index (χ1) is 10.2. The molecule has 128 valence electrons. The average Bonchev–Trinajstić information content (AvgIpc) is 3.09. The van der Waals surface area contributed by atoms with Gasteiger partial charge in [0.25, 0.3) is 0 Å². The van der Waals surface area contributed by atoms with E-state index in [1.165, 1.54) is 38.8 Å². The molecule has 3 aliphatic heterocycles. The number of nitrogens with one attached hydrogen (secondary N) is 2. The zero-order valence-corrected chi connectivity index (χ0v) is 16.2. The SMILES string of the molecule is CN=C(NCCN1CCCC(C)C1)NC1CC2CCC1O2.I. The maximum Gasteiger partial charge on any atom is 0.191 e. The molecule has 3 heterocycles. The van der Waals surface area contributed by atoms with Gasteiger partial charge in [-0.15, -0.1) is 24.0 Å². The van der Waals surface area contributed by atoms with Crippen molar-refractivity contribution in [3.63, 3.8) is 0 Å². The molecule has 0 amide bonds. The molecule has 0 radical (unpaired) electrons. The quantitative estimate of drug-likeness (QED) is 0.412. The summed E-state index contributed by atoms with van der Waals surface area (Å²) in [6, 6.07) is 0.449. The van der Waals surface area contributed by atoms with Crippen LogP contribution in [0.15, 0.2) is 4.99 Å². The van der Waals surface area contributed by atoms with Crippen LogP contribution in [-0.4, -0.2) is 62.3 Å². The van der Waals surface area contributed by atoms with E-state index in [9.17, 15) is 0 Å². The van der Waals surface area contributed by atoms with E-state index in [-0.39, 0.29) is 24.0 Å². The lowest BCUT2D eigenvalue weighted by atomic mass is 9.96. The zero-order chi connectivity index (χ0) is 14.7. The molecule has 0 aromatic carbocycles. The molecule has 4 atom stereocenters. The highest BCUT2D eigenvalue weighted by Crippen LogP contribution is 2.34. The highest BCUT2D eigenvalue weighted by atomic mass is 127. The van der Waals surface area contributed by atoms with Crippen LogP contribution >= 0.6 is 24.0 Å². The van der Waals surface area contributed by atoms with Crippen molar-refractivity contribution in [1.82, 2.24) is 15.5 Å². The van der Waals surface area contributed by atoms with Gasteiger partial charge in [-0.1, -0.05) is 6.92 Å². The van der Waals surface area contributed by atoms with Crippen molar-refractivity contribution >= 4 is 29.9 Å². The number of rotatable bonds is 4. The molecule has 0 saturated carbocycles. The molecular weight excluding hydrogens is 391 g/mol. The molecule has 2 N–H and O–H groups in total. The largest absolute Gasteiger partial charge is 0.373 e. The highest BCUT2D eigenvalue weighted by molar-refractivity contribution is 14.0. The second-order valence-corrected chi connectivity index (χ2v) is 6.91. The first kappa shape index (κ1) is 18.3. The fourth-order valence-electron chi connectivity index (χ4n) is 3.98. The van der Waals surface area contributed by atoms with Gasteiger partial charge < -0.3 is 20.3 Å². The van der Waals surface area contributed by atoms with Gasteiger partial charge in [0.15, 0.2) is 5.96 Å². The van der Waals surface area contributed by atoms with Gasteiger partial charge in [-0.3, -0.25) is 4.99 Å². The number of hydrogen-bond donors (Lipinski definition) is 2. The third kappa shape index (κ3) is 4.71. The Balaban J connectivity index is 0.00000176. The van der Waals surface area contributed by atoms with Crippen LogP contribution < -0.4 is 10.6 Å². The first-order valence-electron chi connectivity index (χ1n) is 8.59. The van der Waals surface area contributed by atoms with Gasteiger partial charge in [0.05, 0.1) is 18.2 Å². The van der Waals surface area contributed by atoms with Crippen molar-refractivity contribution < 1.29 is 4.74 Å². The Hall–Kier alpha value is -0.0800. The summed E-state index contributed by atoms with van der Waals surface area (Å²) < 4.78 is 5.89. The second kappa shape index (κ2) is 8.68. The number of nitrogens with zero attached hydrogens (tertiary/aromatic N) is 2. The van der Waals surface area contributed by atoms with Crippen molar-refractivity contribution in [2.75, 3.05) is 33.2 Å². The number of piperidine rings is 1. The van der Waals surface area contributed by atoms with Crippen molar-refractivity contribution in [3.05, 3.63) is 0 Å². The third-order valence-electron chi connectivity index (χ3n) is 5.11. The molecule has 0 aromatic rings. The van der Waals surface area contributed by atoms with Gasteiger partial charge in [-0.05, 0) is 44.6 Å². The summed E-state index contributed by atoms with van der Waals surface area (Å²) in [5.74, 6) is 1.78. The van der Waals surface area contributed by atoms with Gasteiger partial charge in [0, 0.05) is 26.7 Å². The highest BCUT2D eigenvalue weighted by Gasteiger charge is 2.41. The minimum atomic E-state index is 0. The molecule has 3 fully saturated rings. The summed E-state index contributed by atoms with van der Waals surface area (Å²) >= 11 is 0. The summed E-state index contributed by atoms with van der Waals surface area (Å²) in [6.45, 7) is 6.92. The van der Waals surface area contributed by atoms with E-state index in [1.54, 1.807) is 0 Å².